The van der Waals surface area contributed by atoms with Crippen molar-refractivity contribution in [1.82, 2.24) is 74.2 Å². The van der Waals surface area contributed by atoms with Crippen molar-refractivity contribution in [3.05, 3.63) is 156 Å². The molecule has 12 aromatic rings. The number of nitrogens with one attached hydrogen (secondary N) is 3. The molecular weight excluding hydrogens is 1640 g/mol. The van der Waals surface area contributed by atoms with E-state index in [0.717, 1.165) is 143 Å². The van der Waals surface area contributed by atoms with Crippen LogP contribution in [0.15, 0.2) is 110 Å². The summed E-state index contributed by atoms with van der Waals surface area (Å²) < 4.78 is 44.2. The molecule has 16 rings (SSSR count). The number of morpholine rings is 3. The van der Waals surface area contributed by atoms with Crippen LogP contribution < -0.4 is 20.2 Å². The minimum atomic E-state index is -0.520. The number of carbonyl (C=O) groups is 2. The fourth-order valence-corrected chi connectivity index (χ4v) is 14.1. The van der Waals surface area contributed by atoms with Crippen molar-refractivity contribution < 1.29 is 68.8 Å². The molecule has 13 heterocycles. The molecule has 0 unspecified atom stereocenters. The Morgan fingerprint density at radius 3 is 1.27 bits per heavy atom. The topological polar surface area (TPSA) is 307 Å². The number of carbonyl (C=O) groups excluding carboxylic acids is 2. The second-order valence-corrected chi connectivity index (χ2v) is 28.6. The molecule has 4 aliphatic heterocycles. The number of aromatic amines is 3. The zero-order valence-corrected chi connectivity index (χ0v) is 72.1. The first kappa shape index (κ1) is 89.8. The van der Waals surface area contributed by atoms with Crippen LogP contribution in [0.1, 0.15) is 127 Å². The van der Waals surface area contributed by atoms with E-state index >= 15 is 0 Å². The molecule has 31 heteroatoms. The van der Waals surface area contributed by atoms with E-state index in [1.165, 1.54) is 14.2 Å². The van der Waals surface area contributed by atoms with Gasteiger partial charge in [0.2, 0.25) is 5.28 Å². The number of esters is 2. The zero-order chi connectivity index (χ0) is 79.8. The summed E-state index contributed by atoms with van der Waals surface area (Å²) in [4.78, 5) is 69.1. The number of hydrogen-bond acceptors (Lipinski definition) is 22. The molecule has 3 atom stereocenters. The van der Waals surface area contributed by atoms with Gasteiger partial charge in [0.15, 0.2) is 11.6 Å². The Bertz CT molecular complexity index is 5170. The van der Waals surface area contributed by atoms with E-state index in [2.05, 4.69) is 75.7 Å². The molecule has 28 nitrogen and oxygen atoms in total. The number of H-pyrrole nitrogens is 3. The maximum atomic E-state index is 12.4. The number of anilines is 3. The smallest absolute Gasteiger partial charge is 0.465 e. The van der Waals surface area contributed by atoms with E-state index in [0.29, 0.717) is 62.4 Å². The van der Waals surface area contributed by atoms with Crippen molar-refractivity contribution in [2.45, 2.75) is 140 Å². The van der Waals surface area contributed by atoms with E-state index in [4.69, 9.17) is 64.5 Å². The summed E-state index contributed by atoms with van der Waals surface area (Å²) in [5.41, 5.74) is 14.4. The fourth-order valence-electron chi connectivity index (χ4n) is 14.0. The number of ether oxygens (including phenoxy) is 5. The molecule has 0 spiro atoms. The number of aliphatic hydroxyl groups excluding tert-OH is 1. The predicted molar refractivity (Wildman–Crippen MR) is 448 cm³/mol. The third kappa shape index (κ3) is 19.3. The number of nitrogens with zero attached hydrogens (tertiary/aromatic N) is 15. The van der Waals surface area contributed by atoms with Crippen LogP contribution in [0.2, 0.25) is 5.28 Å². The summed E-state index contributed by atoms with van der Waals surface area (Å²) >= 11 is 6.13. The molecule has 114 heavy (non-hydrogen) atoms. The van der Waals surface area contributed by atoms with Crippen molar-refractivity contribution in [2.75, 3.05) is 88.2 Å². The van der Waals surface area contributed by atoms with Crippen LogP contribution in [0.3, 0.4) is 0 Å². The van der Waals surface area contributed by atoms with Crippen LogP contribution >= 0.6 is 11.6 Å². The molecule has 0 bridgehead atoms. The quantitative estimate of drug-likeness (QED) is 0.0382. The van der Waals surface area contributed by atoms with Gasteiger partial charge >= 0.3 is 19.1 Å². The average molecular weight is 1750 g/mol. The second kappa shape index (κ2) is 39.1. The monoisotopic (exact) mass is 1750 g/mol. The molecule has 4 N–H and O–H groups in total. The van der Waals surface area contributed by atoms with Gasteiger partial charge in [0.1, 0.15) is 17.5 Å². The van der Waals surface area contributed by atoms with Gasteiger partial charge in [0.25, 0.3) is 0 Å². The van der Waals surface area contributed by atoms with Crippen molar-refractivity contribution in [1.29, 1.82) is 0 Å². The van der Waals surface area contributed by atoms with Crippen LogP contribution in [0, 0.1) is 28.2 Å². The van der Waals surface area contributed by atoms with E-state index in [9.17, 15) is 14.7 Å². The van der Waals surface area contributed by atoms with E-state index in [1.54, 1.807) is 28.9 Å². The number of halogens is 1. The maximum Gasteiger partial charge on any atom is 0.495 e. The first-order valence-corrected chi connectivity index (χ1v) is 38.0. The Morgan fingerprint density at radius 1 is 0.535 bits per heavy atom. The fraction of sp³-hybridized carbons (Fsp3) is 0.422. The molecule has 4 aliphatic rings. The van der Waals surface area contributed by atoms with Crippen LogP contribution in [-0.2, 0) is 81.8 Å². The van der Waals surface area contributed by atoms with Crippen LogP contribution in [-0.4, -0.2) is 201 Å². The molecule has 0 amide bonds. The largest absolute Gasteiger partial charge is 0.495 e. The zero-order valence-electron chi connectivity index (χ0n) is 68.4. The molecule has 3 aromatic carbocycles. The first-order chi connectivity index (χ1) is 53.3. The third-order valence-corrected chi connectivity index (χ3v) is 20.5. The molecule has 4 saturated heterocycles. The first-order valence-electron chi connectivity index (χ1n) is 37.6. The number of rotatable bonds is 12. The molecular formula is C83H109BClN18O10W-. The van der Waals surface area contributed by atoms with Gasteiger partial charge < -0.3 is 75.2 Å². The molecule has 0 aliphatic carbocycles. The van der Waals surface area contributed by atoms with Gasteiger partial charge in [-0.1, -0.05) is 35.1 Å². The van der Waals surface area contributed by atoms with Gasteiger partial charge in [-0.05, 0) is 169 Å². The maximum absolute atomic E-state index is 12.4. The Balaban J connectivity index is 0.000000189. The molecule has 9 aromatic heterocycles. The van der Waals surface area contributed by atoms with E-state index in [1.807, 2.05) is 192 Å². The van der Waals surface area contributed by atoms with Gasteiger partial charge in [0.05, 0.1) is 154 Å². The van der Waals surface area contributed by atoms with Gasteiger partial charge in [-0.2, -0.15) is 15.3 Å². The Morgan fingerprint density at radius 2 is 0.895 bits per heavy atom. The number of benzene rings is 3. The summed E-state index contributed by atoms with van der Waals surface area (Å²) in [5.74, 6) is 2.90. The van der Waals surface area contributed by atoms with Crippen molar-refractivity contribution in [3.63, 3.8) is 0 Å². The van der Waals surface area contributed by atoms with Crippen molar-refractivity contribution >= 4 is 86.3 Å². The standard InChI is InChI=1S/C24H26N6O3.C23H26N6O2.C16H20BNO4.C14H18ClN5O.2C2H6.CH4.CH3.W/c1-14-12-26-29(3)22(14)20-11-21(30-7-8-33-13-15(30)2)28-23(27-20)18-9-16(24(31)32-4)10-19-17(18)5-6-25-19;1-14-11-25-28(3)22(14)20-10-21(29-6-7-31-13-15(29)2)27-23(26-20)18-8-16(12-30)9-19-17(18)4-5-24-19;1-15(2)16(3,4)22-17(21-15)12-8-10(14(19)20-5)9-13-11(12)6-7-18-13;1-9-7-16-19(3)13(9)11-6-12(18-14(15)17-11)20-4-5-21-8-10(20)2;2*1-2;;;/h5-6,9-12,15,25H,7-8,13H2,1-4H3;4-5,8-11,15,24,30H,6-7,12-13H2,1-3H3;6-9,18H,1-5H3;6-7,10H,4-5,8H2,1-3H3;2*1-2H3;1H4;1H3;/q;;;;;;;-1;/t2*15-;;10-;;;;;/m11.1...../s1. The Labute approximate surface area is 687 Å². The van der Waals surface area contributed by atoms with Crippen LogP contribution in [0.25, 0.3) is 89.6 Å². The average Bonchev–Trinajstić information content (AvgIpc) is 1.62. The minimum Gasteiger partial charge on any atom is -0.465 e. The number of hydrogen-bond donors (Lipinski definition) is 4. The van der Waals surface area contributed by atoms with Gasteiger partial charge in [0, 0.05) is 137 Å². The summed E-state index contributed by atoms with van der Waals surface area (Å²) in [7, 11) is 7.96. The van der Waals surface area contributed by atoms with Gasteiger partial charge in [-0.15, -0.1) is 0 Å². The molecule has 0 radical (unpaired) electrons. The molecule has 4 fully saturated rings. The molecule has 0 saturated carbocycles. The Kier molecular flexibility index (Phi) is 30.8. The number of aryl methyl sites for hydroxylation is 6. The number of methoxy groups -OCH3 is 2. The molecule has 608 valence electrons. The van der Waals surface area contributed by atoms with Crippen molar-refractivity contribution in [3.8, 4) is 56.9 Å². The summed E-state index contributed by atoms with van der Waals surface area (Å²) in [6, 6.07) is 23.7. The summed E-state index contributed by atoms with van der Waals surface area (Å²) in [5, 5.41) is 26.0. The number of fused-ring (bicyclic) bond motifs is 3. The number of aromatic nitrogens is 15. The van der Waals surface area contributed by atoms with Crippen LogP contribution in [0.5, 0.6) is 0 Å². The van der Waals surface area contributed by atoms with Crippen LogP contribution in [0.4, 0.5) is 17.5 Å². The predicted octanol–water partition coefficient (Wildman–Crippen LogP) is 13.9. The number of aliphatic hydroxyl groups is 1. The SMILES string of the molecule is C.CC.CC.COC(=O)c1cc(-c2nc(-c3c(C)cnn3C)cc(N3CCOC[C@H]3C)n2)c2cc[nH]c2c1.COC(=O)c1cc(B2OC(C)(C)C(C)(C)O2)c2cc[nH]c2c1.Cc1cnn(C)c1-c1cc(N2CCOC[C@H]2C)nc(-c2cc(CO)cc3[nH]ccc23)n1.Cc1cnn(C)c1-c1cc(N2CCOC[C@H]2C)nc(Cl)n1.[CH3-].[W]. The third-order valence-electron chi connectivity index (χ3n) is 20.3. The Hall–Kier alpha value is -9.71. The van der Waals surface area contributed by atoms with Gasteiger partial charge in [-0.25, -0.2) is 39.5 Å². The van der Waals surface area contributed by atoms with E-state index < -0.39 is 24.3 Å². The normalized spacial score (nSPS) is 16.7. The second-order valence-electron chi connectivity index (χ2n) is 28.3. The van der Waals surface area contributed by atoms with Crippen molar-refractivity contribution in [2.24, 2.45) is 21.1 Å². The minimum absolute atomic E-state index is 0. The summed E-state index contributed by atoms with van der Waals surface area (Å²) in [6.07, 6.45) is 11.1. The summed E-state index contributed by atoms with van der Waals surface area (Å²) in [6.45, 7) is 34.8. The van der Waals surface area contributed by atoms with E-state index in [-0.39, 0.29) is 71.9 Å². The van der Waals surface area contributed by atoms with Gasteiger partial charge in [-0.3, -0.25) is 14.0 Å².